The van der Waals surface area contributed by atoms with Gasteiger partial charge < -0.3 is 15.2 Å². The maximum atomic E-state index is 12.2. The van der Waals surface area contributed by atoms with Crippen LogP contribution in [0, 0.1) is 0 Å². The number of rotatable bonds is 5. The van der Waals surface area contributed by atoms with Crippen molar-refractivity contribution in [3.63, 3.8) is 0 Å². The largest absolute Gasteiger partial charge is 0.497 e. The maximum absolute atomic E-state index is 12.2. The molecule has 25 heavy (non-hydrogen) atoms. The molecule has 2 fully saturated rings. The molecule has 132 valence electrons. The van der Waals surface area contributed by atoms with Gasteiger partial charge in [0.2, 0.25) is 5.91 Å². The third-order valence-electron chi connectivity index (χ3n) is 3.58. The third-order valence-corrected chi connectivity index (χ3v) is 5.85. The number of nitrogens with zero attached hydrogens (tertiary/aromatic N) is 2. The highest BCUT2D eigenvalue weighted by Gasteiger charge is 2.37. The molecule has 0 saturated carbocycles. The lowest BCUT2D eigenvalue weighted by Gasteiger charge is -2.19. The van der Waals surface area contributed by atoms with Gasteiger partial charge in [-0.3, -0.25) is 14.4 Å². The Bertz CT molecular complexity index is 737. The number of carboxylic acids is 1. The fourth-order valence-corrected chi connectivity index (χ4v) is 4.42. The molecule has 2 atom stereocenters. The van der Waals surface area contributed by atoms with E-state index in [-0.39, 0.29) is 28.6 Å². The van der Waals surface area contributed by atoms with Crippen molar-refractivity contribution in [1.82, 2.24) is 10.3 Å². The molecular formula is C15H15N3O5S2. The fraction of sp³-hybridized carbons (Fsp3) is 0.333. The molecule has 0 spiro atoms. The van der Waals surface area contributed by atoms with E-state index in [4.69, 9.17) is 9.84 Å². The van der Waals surface area contributed by atoms with E-state index in [0.29, 0.717) is 5.75 Å². The zero-order valence-electron chi connectivity index (χ0n) is 13.2. The second kappa shape index (κ2) is 7.36. The van der Waals surface area contributed by atoms with E-state index >= 15 is 0 Å². The Balaban J connectivity index is 1.78. The molecule has 0 unspecified atom stereocenters. The number of carbonyl (C=O) groups is 3. The highest BCUT2D eigenvalue weighted by Crippen LogP contribution is 2.40. The SMILES string of the molecule is COc1ccc([C@@H]2SCC(=O)N2/N=C2/NC(=O)[C@@H](CC(=O)O)S2)cc1. The first-order valence-electron chi connectivity index (χ1n) is 7.33. The molecular weight excluding hydrogens is 366 g/mol. The molecule has 2 aliphatic rings. The van der Waals surface area contributed by atoms with Crippen LogP contribution in [-0.2, 0) is 14.4 Å². The van der Waals surface area contributed by atoms with Crippen LogP contribution >= 0.6 is 23.5 Å². The summed E-state index contributed by atoms with van der Waals surface area (Å²) in [6.45, 7) is 0. The number of hydrazone groups is 1. The van der Waals surface area contributed by atoms with Gasteiger partial charge in [0.05, 0.1) is 19.3 Å². The number of hydrogen-bond donors (Lipinski definition) is 2. The first-order valence-corrected chi connectivity index (χ1v) is 9.26. The van der Waals surface area contributed by atoms with Crippen molar-refractivity contribution in [3.05, 3.63) is 29.8 Å². The van der Waals surface area contributed by atoms with Gasteiger partial charge in [-0.2, -0.15) is 0 Å². The van der Waals surface area contributed by atoms with Crippen LogP contribution in [0.25, 0.3) is 0 Å². The van der Waals surface area contributed by atoms with Crippen LogP contribution in [-0.4, -0.2) is 51.2 Å². The van der Waals surface area contributed by atoms with Crippen LogP contribution in [0.5, 0.6) is 5.75 Å². The normalized spacial score (nSPS) is 24.7. The molecule has 1 aromatic carbocycles. The van der Waals surface area contributed by atoms with Crippen molar-refractivity contribution in [1.29, 1.82) is 0 Å². The summed E-state index contributed by atoms with van der Waals surface area (Å²) in [5.41, 5.74) is 0.886. The number of thioether (sulfide) groups is 2. The van der Waals surface area contributed by atoms with E-state index in [1.165, 1.54) is 16.8 Å². The number of amidine groups is 1. The number of amides is 2. The Morgan fingerprint density at radius 2 is 2.12 bits per heavy atom. The number of nitrogens with one attached hydrogen (secondary N) is 1. The van der Waals surface area contributed by atoms with E-state index in [1.54, 1.807) is 19.2 Å². The molecule has 2 heterocycles. The van der Waals surface area contributed by atoms with Crippen molar-refractivity contribution < 1.29 is 24.2 Å². The van der Waals surface area contributed by atoms with Crippen LogP contribution in [0.4, 0.5) is 0 Å². The van der Waals surface area contributed by atoms with Gasteiger partial charge in [-0.25, -0.2) is 5.01 Å². The van der Waals surface area contributed by atoms with Crippen LogP contribution in [0.1, 0.15) is 17.4 Å². The zero-order valence-corrected chi connectivity index (χ0v) is 14.8. The Hall–Kier alpha value is -2.20. The quantitative estimate of drug-likeness (QED) is 0.790. The summed E-state index contributed by atoms with van der Waals surface area (Å²) in [6, 6.07) is 7.32. The number of methoxy groups -OCH3 is 1. The number of benzene rings is 1. The van der Waals surface area contributed by atoms with Crippen LogP contribution in [0.3, 0.4) is 0 Å². The molecule has 0 radical (unpaired) electrons. The van der Waals surface area contributed by atoms with Gasteiger partial charge in [0.15, 0.2) is 5.17 Å². The fourth-order valence-electron chi connectivity index (χ4n) is 2.37. The minimum Gasteiger partial charge on any atom is -0.497 e. The highest BCUT2D eigenvalue weighted by atomic mass is 32.2. The molecule has 0 aromatic heterocycles. The van der Waals surface area contributed by atoms with Gasteiger partial charge in [-0.15, -0.1) is 16.9 Å². The standard InChI is InChI=1S/C15H15N3O5S2/c1-23-9-4-2-8(3-5-9)14-18(11(19)7-24-14)17-15-16-13(22)10(25-15)6-12(20)21/h2-5,10,14H,6-7H2,1H3,(H,20,21)(H,16,17,22)/t10-,14+/m1/s1. The highest BCUT2D eigenvalue weighted by molar-refractivity contribution is 8.15. The lowest BCUT2D eigenvalue weighted by molar-refractivity contribution is -0.138. The van der Waals surface area contributed by atoms with Crippen molar-refractivity contribution in [2.75, 3.05) is 12.9 Å². The lowest BCUT2D eigenvalue weighted by Crippen LogP contribution is -2.29. The Morgan fingerprint density at radius 3 is 2.76 bits per heavy atom. The van der Waals surface area contributed by atoms with Crippen molar-refractivity contribution in [2.45, 2.75) is 17.0 Å². The molecule has 0 aliphatic carbocycles. The Morgan fingerprint density at radius 1 is 1.40 bits per heavy atom. The maximum Gasteiger partial charge on any atom is 0.305 e. The summed E-state index contributed by atoms with van der Waals surface area (Å²) in [5, 5.41) is 16.1. The predicted octanol–water partition coefficient (Wildman–Crippen LogP) is 1.25. The summed E-state index contributed by atoms with van der Waals surface area (Å²) in [6.07, 6.45) is -0.292. The Labute approximate surface area is 152 Å². The summed E-state index contributed by atoms with van der Waals surface area (Å²) >= 11 is 2.46. The van der Waals surface area contributed by atoms with Gasteiger partial charge in [0.25, 0.3) is 5.91 Å². The second-order valence-electron chi connectivity index (χ2n) is 5.27. The van der Waals surface area contributed by atoms with Gasteiger partial charge in [-0.05, 0) is 17.7 Å². The molecule has 1 aromatic rings. The monoisotopic (exact) mass is 381 g/mol. The van der Waals surface area contributed by atoms with Crippen LogP contribution in [0.2, 0.25) is 0 Å². The average Bonchev–Trinajstić information content (AvgIpc) is 3.11. The molecule has 10 heteroatoms. The van der Waals surface area contributed by atoms with E-state index in [2.05, 4.69) is 10.4 Å². The summed E-state index contributed by atoms with van der Waals surface area (Å²) in [5.74, 6) is -0.643. The first-order chi connectivity index (χ1) is 12.0. The minimum absolute atomic E-state index is 0.171. The van der Waals surface area contributed by atoms with Crippen LogP contribution < -0.4 is 10.1 Å². The number of carboxylic acid groups (broad SMARTS) is 1. The third kappa shape index (κ3) is 3.90. The molecule has 8 nitrogen and oxygen atoms in total. The molecule has 0 bridgehead atoms. The minimum atomic E-state index is -1.06. The topological polar surface area (TPSA) is 108 Å². The van der Waals surface area contributed by atoms with E-state index in [0.717, 1.165) is 17.3 Å². The van der Waals surface area contributed by atoms with E-state index in [1.807, 2.05) is 12.1 Å². The van der Waals surface area contributed by atoms with Gasteiger partial charge in [0.1, 0.15) is 16.4 Å². The first kappa shape index (κ1) is 17.6. The van der Waals surface area contributed by atoms with Gasteiger partial charge in [0, 0.05) is 0 Å². The number of carbonyl (C=O) groups excluding carboxylic acids is 2. The summed E-state index contributed by atoms with van der Waals surface area (Å²) < 4.78 is 5.13. The average molecular weight is 381 g/mol. The molecule has 2 saturated heterocycles. The van der Waals surface area contributed by atoms with Gasteiger partial charge in [-0.1, -0.05) is 23.9 Å². The molecule has 2 amide bonds. The number of aliphatic carboxylic acids is 1. The van der Waals surface area contributed by atoms with E-state index < -0.39 is 17.1 Å². The van der Waals surface area contributed by atoms with E-state index in [9.17, 15) is 14.4 Å². The lowest BCUT2D eigenvalue weighted by atomic mass is 10.2. The number of ether oxygens (including phenoxy) is 1. The van der Waals surface area contributed by atoms with Crippen LogP contribution in [0.15, 0.2) is 29.4 Å². The number of hydrogen-bond acceptors (Lipinski definition) is 7. The van der Waals surface area contributed by atoms with Crippen molar-refractivity contribution in [2.24, 2.45) is 5.10 Å². The second-order valence-corrected chi connectivity index (χ2v) is 7.53. The summed E-state index contributed by atoms with van der Waals surface area (Å²) in [4.78, 5) is 34.7. The predicted molar refractivity (Wildman–Crippen MR) is 94.2 cm³/mol. The molecule has 2 N–H and O–H groups in total. The zero-order chi connectivity index (χ0) is 18.0. The smallest absolute Gasteiger partial charge is 0.305 e. The van der Waals surface area contributed by atoms with Crippen molar-refractivity contribution >= 4 is 46.5 Å². The molecule has 3 rings (SSSR count). The van der Waals surface area contributed by atoms with Gasteiger partial charge >= 0.3 is 5.97 Å². The molecule has 2 aliphatic heterocycles. The summed E-state index contributed by atoms with van der Waals surface area (Å²) in [7, 11) is 1.58. The Kier molecular flexibility index (Phi) is 5.19. The van der Waals surface area contributed by atoms with Crippen molar-refractivity contribution in [3.8, 4) is 5.75 Å².